The van der Waals surface area contributed by atoms with Gasteiger partial charge in [-0.15, -0.1) is 0 Å². The predicted octanol–water partition coefficient (Wildman–Crippen LogP) is 1.25. The van der Waals surface area contributed by atoms with Gasteiger partial charge in [-0.25, -0.2) is 0 Å². The van der Waals surface area contributed by atoms with E-state index in [9.17, 15) is 9.59 Å². The van der Waals surface area contributed by atoms with Crippen molar-refractivity contribution in [3.05, 3.63) is 24.3 Å². The molecule has 2 N–H and O–H groups in total. The Labute approximate surface area is 116 Å². The molecule has 1 aromatic carbocycles. The van der Waals surface area contributed by atoms with E-state index in [1.165, 1.54) is 11.8 Å². The molecule has 6 heteroatoms. The van der Waals surface area contributed by atoms with Gasteiger partial charge in [-0.3, -0.25) is 9.59 Å². The molecule has 19 heavy (non-hydrogen) atoms. The smallest absolute Gasteiger partial charge is 0.250 e. The monoisotopic (exact) mass is 280 g/mol. The number of carbonyl (C=O) groups is 2. The van der Waals surface area contributed by atoms with Crippen LogP contribution in [0, 0.1) is 0 Å². The summed E-state index contributed by atoms with van der Waals surface area (Å²) >= 11 is 1.27. The molecule has 1 aliphatic rings. The van der Waals surface area contributed by atoms with Gasteiger partial charge < -0.3 is 15.4 Å². The highest BCUT2D eigenvalue weighted by molar-refractivity contribution is 8.02. The van der Waals surface area contributed by atoms with Gasteiger partial charge >= 0.3 is 0 Å². The number of para-hydroxylation sites is 1. The molecule has 0 saturated carbocycles. The van der Waals surface area contributed by atoms with Crippen molar-refractivity contribution < 1.29 is 14.3 Å². The molecular weight excluding hydrogens is 264 g/mol. The van der Waals surface area contributed by atoms with Gasteiger partial charge in [0, 0.05) is 18.6 Å². The third-order valence-electron chi connectivity index (χ3n) is 2.91. The quantitative estimate of drug-likeness (QED) is 0.643. The lowest BCUT2D eigenvalue weighted by Gasteiger charge is -2.31. The second-order valence-electron chi connectivity index (χ2n) is 4.33. The SMILES string of the molecule is COCCNC(=O)C1(C)Sc2ccccc2NC1=O. The van der Waals surface area contributed by atoms with Crippen molar-refractivity contribution in [3.63, 3.8) is 0 Å². The van der Waals surface area contributed by atoms with E-state index in [1.807, 2.05) is 24.3 Å². The van der Waals surface area contributed by atoms with Crippen molar-refractivity contribution in [2.45, 2.75) is 16.6 Å². The summed E-state index contributed by atoms with van der Waals surface area (Å²) in [7, 11) is 1.56. The van der Waals surface area contributed by atoms with Crippen LogP contribution < -0.4 is 10.6 Å². The van der Waals surface area contributed by atoms with E-state index in [1.54, 1.807) is 14.0 Å². The van der Waals surface area contributed by atoms with Gasteiger partial charge in [0.05, 0.1) is 12.3 Å². The largest absolute Gasteiger partial charge is 0.383 e. The maximum atomic E-state index is 12.2. The number of rotatable bonds is 4. The number of methoxy groups -OCH3 is 1. The van der Waals surface area contributed by atoms with Crippen molar-refractivity contribution in [2.24, 2.45) is 0 Å². The summed E-state index contributed by atoms with van der Waals surface area (Å²) in [6, 6.07) is 7.44. The zero-order valence-electron chi connectivity index (χ0n) is 10.9. The van der Waals surface area contributed by atoms with Crippen molar-refractivity contribution in [3.8, 4) is 0 Å². The normalized spacial score (nSPS) is 21.5. The highest BCUT2D eigenvalue weighted by Gasteiger charge is 2.45. The van der Waals surface area contributed by atoms with Crippen LogP contribution in [0.4, 0.5) is 5.69 Å². The third kappa shape index (κ3) is 2.74. The van der Waals surface area contributed by atoms with Gasteiger partial charge in [0.2, 0.25) is 11.8 Å². The molecule has 0 radical (unpaired) electrons. The lowest BCUT2D eigenvalue weighted by Crippen LogP contribution is -2.52. The van der Waals surface area contributed by atoms with Crippen LogP contribution >= 0.6 is 11.8 Å². The minimum atomic E-state index is -1.15. The minimum Gasteiger partial charge on any atom is -0.383 e. The standard InChI is InChI=1S/C13H16N2O3S/c1-13(11(16)14-7-8-18-2)12(17)15-9-5-3-4-6-10(9)19-13/h3-6H,7-8H2,1-2H3,(H,14,16)(H,15,17). The molecule has 1 atom stereocenters. The molecule has 0 saturated heterocycles. The van der Waals surface area contributed by atoms with Gasteiger partial charge in [0.1, 0.15) is 0 Å². The summed E-state index contributed by atoms with van der Waals surface area (Å²) in [6.07, 6.45) is 0. The molecule has 0 spiro atoms. The first kappa shape index (κ1) is 13.9. The topological polar surface area (TPSA) is 67.4 Å². The number of nitrogens with one attached hydrogen (secondary N) is 2. The predicted molar refractivity (Wildman–Crippen MR) is 74.2 cm³/mol. The second kappa shape index (κ2) is 5.63. The molecular formula is C13H16N2O3S. The fourth-order valence-corrected chi connectivity index (χ4v) is 2.88. The fourth-order valence-electron chi connectivity index (χ4n) is 1.75. The Balaban J connectivity index is 2.15. The first-order valence-electron chi connectivity index (χ1n) is 5.94. The number of carbonyl (C=O) groups excluding carboxylic acids is 2. The molecule has 0 aromatic heterocycles. The van der Waals surface area contributed by atoms with Crippen LogP contribution in [0.25, 0.3) is 0 Å². The maximum Gasteiger partial charge on any atom is 0.250 e. The number of hydrogen-bond donors (Lipinski definition) is 2. The number of hydrogen-bond acceptors (Lipinski definition) is 4. The van der Waals surface area contributed by atoms with Gasteiger partial charge in [-0.05, 0) is 19.1 Å². The zero-order valence-corrected chi connectivity index (χ0v) is 11.7. The van der Waals surface area contributed by atoms with Crippen LogP contribution in [-0.2, 0) is 14.3 Å². The summed E-state index contributed by atoms with van der Waals surface area (Å²) in [5.74, 6) is -0.604. The lowest BCUT2D eigenvalue weighted by molar-refractivity contribution is -0.130. The highest BCUT2D eigenvalue weighted by atomic mass is 32.2. The molecule has 1 aromatic rings. The molecule has 2 amide bonds. The zero-order chi connectivity index (χ0) is 13.9. The first-order chi connectivity index (χ1) is 9.08. The van der Waals surface area contributed by atoms with Crippen LogP contribution in [0.3, 0.4) is 0 Å². The van der Waals surface area contributed by atoms with E-state index in [2.05, 4.69) is 10.6 Å². The van der Waals surface area contributed by atoms with E-state index in [0.717, 1.165) is 10.6 Å². The number of benzene rings is 1. The molecule has 0 fully saturated rings. The van der Waals surface area contributed by atoms with E-state index in [-0.39, 0.29) is 11.8 Å². The average molecular weight is 280 g/mol. The summed E-state index contributed by atoms with van der Waals surface area (Å²) in [5, 5.41) is 5.48. The average Bonchev–Trinajstić information content (AvgIpc) is 2.40. The molecule has 102 valence electrons. The molecule has 1 aliphatic heterocycles. The minimum absolute atomic E-state index is 0.300. The Morgan fingerprint density at radius 1 is 1.47 bits per heavy atom. The van der Waals surface area contributed by atoms with Crippen molar-refractivity contribution >= 4 is 29.3 Å². The molecule has 0 bridgehead atoms. The van der Waals surface area contributed by atoms with Crippen molar-refractivity contribution in [1.82, 2.24) is 5.32 Å². The number of thioether (sulfide) groups is 1. The van der Waals surface area contributed by atoms with Gasteiger partial charge in [0.15, 0.2) is 4.75 Å². The molecule has 0 aliphatic carbocycles. The number of anilines is 1. The Bertz CT molecular complexity index is 506. The van der Waals surface area contributed by atoms with Crippen molar-refractivity contribution in [1.29, 1.82) is 0 Å². The van der Waals surface area contributed by atoms with Crippen LogP contribution in [0.5, 0.6) is 0 Å². The number of ether oxygens (including phenoxy) is 1. The Kier molecular flexibility index (Phi) is 4.11. The maximum absolute atomic E-state index is 12.2. The summed E-state index contributed by atoms with van der Waals surface area (Å²) in [5.41, 5.74) is 0.750. The van der Waals surface area contributed by atoms with Crippen LogP contribution in [-0.4, -0.2) is 36.8 Å². The summed E-state index contributed by atoms with van der Waals surface area (Å²) < 4.78 is 3.72. The van der Waals surface area contributed by atoms with E-state index >= 15 is 0 Å². The van der Waals surface area contributed by atoms with Gasteiger partial charge in [-0.2, -0.15) is 0 Å². The fraction of sp³-hybridized carbons (Fsp3) is 0.385. The Morgan fingerprint density at radius 3 is 2.95 bits per heavy atom. The van der Waals surface area contributed by atoms with E-state index in [0.29, 0.717) is 13.2 Å². The van der Waals surface area contributed by atoms with Crippen molar-refractivity contribution in [2.75, 3.05) is 25.6 Å². The van der Waals surface area contributed by atoms with Crippen LogP contribution in [0.2, 0.25) is 0 Å². The van der Waals surface area contributed by atoms with Crippen LogP contribution in [0.15, 0.2) is 29.2 Å². The molecule has 1 heterocycles. The first-order valence-corrected chi connectivity index (χ1v) is 6.76. The number of fused-ring (bicyclic) bond motifs is 1. The van der Waals surface area contributed by atoms with Gasteiger partial charge in [0.25, 0.3) is 0 Å². The van der Waals surface area contributed by atoms with E-state index in [4.69, 9.17) is 4.74 Å². The van der Waals surface area contributed by atoms with E-state index < -0.39 is 4.75 Å². The van der Waals surface area contributed by atoms with Crippen LogP contribution in [0.1, 0.15) is 6.92 Å². The Hall–Kier alpha value is -1.53. The molecule has 1 unspecified atom stereocenters. The number of amides is 2. The molecule has 2 rings (SSSR count). The third-order valence-corrected chi connectivity index (χ3v) is 4.26. The summed E-state index contributed by atoms with van der Waals surface area (Å²) in [6.45, 7) is 2.44. The second-order valence-corrected chi connectivity index (χ2v) is 5.79. The lowest BCUT2D eigenvalue weighted by atomic mass is 10.1. The molecule has 5 nitrogen and oxygen atoms in total. The Morgan fingerprint density at radius 2 is 2.21 bits per heavy atom. The summed E-state index contributed by atoms with van der Waals surface area (Å²) in [4.78, 5) is 25.2. The highest BCUT2D eigenvalue weighted by Crippen LogP contribution is 2.42. The van der Waals surface area contributed by atoms with Gasteiger partial charge in [-0.1, -0.05) is 23.9 Å².